The van der Waals surface area contributed by atoms with Crippen LogP contribution in [-0.4, -0.2) is 62.1 Å². The zero-order chi connectivity index (χ0) is 32.9. The zero-order valence-corrected chi connectivity index (χ0v) is 28.0. The van der Waals surface area contributed by atoms with Crippen LogP contribution in [0.4, 0.5) is 10.1 Å². The Kier molecular flexibility index (Phi) is 8.32. The number of hydrogen-bond donors (Lipinski definition) is 2. The molecular weight excluding hydrogens is 591 g/mol. The molecule has 8 rings (SSSR count). The molecule has 2 bridgehead atoms. The molecule has 1 saturated heterocycles. The summed E-state index contributed by atoms with van der Waals surface area (Å²) in [4.78, 5) is 35.8. The lowest BCUT2D eigenvalue weighted by Crippen LogP contribution is -2.57. The second-order valence-electron chi connectivity index (χ2n) is 14.4. The van der Waals surface area contributed by atoms with Gasteiger partial charge in [-0.3, -0.25) is 14.3 Å². The van der Waals surface area contributed by atoms with Gasteiger partial charge in [-0.2, -0.15) is 0 Å². The number of aliphatic imine (C=N–C) groups is 1. The van der Waals surface area contributed by atoms with Gasteiger partial charge in [-0.15, -0.1) is 0 Å². The summed E-state index contributed by atoms with van der Waals surface area (Å²) in [5.74, 6) is 3.02. The highest BCUT2D eigenvalue weighted by Crippen LogP contribution is 2.61. The minimum absolute atomic E-state index is 0.149. The van der Waals surface area contributed by atoms with Crippen molar-refractivity contribution in [2.45, 2.75) is 72.5 Å². The van der Waals surface area contributed by atoms with Crippen LogP contribution in [0.5, 0.6) is 0 Å². The summed E-state index contributed by atoms with van der Waals surface area (Å²) in [7, 11) is 0. The van der Waals surface area contributed by atoms with Crippen molar-refractivity contribution in [3.63, 3.8) is 0 Å². The number of guanidine groups is 1. The fraction of sp³-hybridized carbons (Fsp3) is 0.486. The minimum Gasteiger partial charge on any atom is -0.340 e. The van der Waals surface area contributed by atoms with E-state index in [1.54, 1.807) is 29.1 Å². The highest BCUT2D eigenvalue weighted by Gasteiger charge is 2.56. The molecule has 3 saturated carbocycles. The number of anilines is 1. The van der Waals surface area contributed by atoms with Gasteiger partial charge < -0.3 is 15.5 Å². The smallest absolute Gasteiger partial charge is 0.261 e. The van der Waals surface area contributed by atoms with Crippen molar-refractivity contribution in [1.29, 1.82) is 0 Å². The molecule has 246 valence electrons. The van der Waals surface area contributed by atoms with E-state index in [4.69, 9.17) is 9.98 Å². The minimum atomic E-state index is -0.285. The van der Waals surface area contributed by atoms with Gasteiger partial charge in [0.15, 0.2) is 11.8 Å². The van der Waals surface area contributed by atoms with Crippen LogP contribution in [0.25, 0.3) is 22.4 Å². The maximum Gasteiger partial charge on any atom is 0.261 e. The molecule has 3 aliphatic carbocycles. The second kappa shape index (κ2) is 12.4. The quantitative estimate of drug-likeness (QED) is 0.208. The molecule has 4 aliphatic rings. The predicted molar refractivity (Wildman–Crippen MR) is 185 cm³/mol. The van der Waals surface area contributed by atoms with Crippen LogP contribution in [0.2, 0.25) is 0 Å². The number of aromatic nitrogens is 4. The molecule has 4 aromatic rings. The number of piperazine rings is 1. The van der Waals surface area contributed by atoms with Gasteiger partial charge in [0.2, 0.25) is 0 Å². The Balaban J connectivity index is 1.24. The van der Waals surface area contributed by atoms with E-state index in [-0.39, 0.29) is 17.4 Å². The van der Waals surface area contributed by atoms with Crippen LogP contribution in [0, 0.1) is 35.9 Å². The van der Waals surface area contributed by atoms with Crippen LogP contribution in [0.1, 0.15) is 51.8 Å². The van der Waals surface area contributed by atoms with Crippen LogP contribution < -0.4 is 16.2 Å². The maximum absolute atomic E-state index is 14.0. The molecule has 2 N–H and O–H groups in total. The Morgan fingerprint density at radius 2 is 1.91 bits per heavy atom. The molecule has 2 aromatic heterocycles. The van der Waals surface area contributed by atoms with Gasteiger partial charge in [0.1, 0.15) is 11.5 Å². The SMILES string of the molecule is Cc1cnc(-c2nc3cc(NC(=N[C@H]4C[C@H]5C[C@@H]([C@@H]4C)C5(C)C)N4CCN[C@@H](C)C4)ccc3c(=O)n2CCc2ccc(F)cc2)cn1. The molecule has 4 fully saturated rings. The molecule has 3 heterocycles. The third-order valence-electron chi connectivity index (χ3n) is 11.0. The molecule has 47 heavy (non-hydrogen) atoms. The topological polar surface area (TPSA) is 100 Å². The number of nitrogens with zero attached hydrogens (tertiary/aromatic N) is 6. The van der Waals surface area contributed by atoms with E-state index in [1.165, 1.54) is 18.6 Å². The first-order chi connectivity index (χ1) is 22.6. The van der Waals surface area contributed by atoms with Crippen LogP contribution >= 0.6 is 0 Å². The first-order valence-electron chi connectivity index (χ1n) is 17.0. The summed E-state index contributed by atoms with van der Waals surface area (Å²) in [6.45, 7) is 14.3. The van der Waals surface area contributed by atoms with Gasteiger partial charge in [0, 0.05) is 44.1 Å². The van der Waals surface area contributed by atoms with Gasteiger partial charge >= 0.3 is 0 Å². The lowest BCUT2D eigenvalue weighted by Gasteiger charge is -2.61. The van der Waals surface area contributed by atoms with Gasteiger partial charge in [0.25, 0.3) is 5.56 Å². The number of nitrogens with one attached hydrogen (secondary N) is 2. The van der Waals surface area contributed by atoms with Gasteiger partial charge in [-0.1, -0.05) is 32.9 Å². The molecule has 1 aliphatic heterocycles. The third kappa shape index (κ3) is 6.15. The van der Waals surface area contributed by atoms with Crippen molar-refractivity contribution in [1.82, 2.24) is 29.7 Å². The van der Waals surface area contributed by atoms with Gasteiger partial charge in [0.05, 0.1) is 28.8 Å². The van der Waals surface area contributed by atoms with Crippen molar-refractivity contribution >= 4 is 22.5 Å². The Hall–Kier alpha value is -4.18. The molecule has 9 nitrogen and oxygen atoms in total. The maximum atomic E-state index is 14.0. The number of rotatable bonds is 6. The predicted octanol–water partition coefficient (Wildman–Crippen LogP) is 5.68. The Bertz CT molecular complexity index is 1850. The monoisotopic (exact) mass is 636 g/mol. The van der Waals surface area contributed by atoms with Gasteiger partial charge in [-0.05, 0) is 92.2 Å². The Labute approximate surface area is 275 Å². The number of fused-ring (bicyclic) bond motifs is 3. The number of aryl methyl sites for hydroxylation is 2. The van der Waals surface area contributed by atoms with E-state index < -0.39 is 0 Å². The molecule has 10 heteroatoms. The van der Waals surface area contributed by atoms with E-state index in [0.717, 1.165) is 54.9 Å². The molecule has 0 spiro atoms. The van der Waals surface area contributed by atoms with Crippen LogP contribution in [-0.2, 0) is 13.0 Å². The zero-order valence-electron chi connectivity index (χ0n) is 28.0. The molecule has 0 unspecified atom stereocenters. The normalized spacial score (nSPS) is 25.4. The van der Waals surface area contributed by atoms with Crippen LogP contribution in [0.3, 0.4) is 0 Å². The highest BCUT2D eigenvalue weighted by atomic mass is 19.1. The second-order valence-corrected chi connectivity index (χ2v) is 14.4. The third-order valence-corrected chi connectivity index (χ3v) is 11.0. The van der Waals surface area contributed by atoms with E-state index in [0.29, 0.717) is 58.7 Å². The number of halogens is 1. The van der Waals surface area contributed by atoms with Crippen molar-refractivity contribution in [3.8, 4) is 11.5 Å². The van der Waals surface area contributed by atoms with Crippen molar-refractivity contribution in [2.24, 2.45) is 28.2 Å². The average molecular weight is 637 g/mol. The first-order valence-corrected chi connectivity index (χ1v) is 17.0. The summed E-state index contributed by atoms with van der Waals surface area (Å²) in [5.41, 5.74) is 3.91. The molecular formula is C37H45FN8O. The van der Waals surface area contributed by atoms with E-state index in [9.17, 15) is 9.18 Å². The highest BCUT2D eigenvalue weighted by molar-refractivity contribution is 5.96. The molecule has 2 aromatic carbocycles. The fourth-order valence-corrected chi connectivity index (χ4v) is 8.00. The van der Waals surface area contributed by atoms with Crippen molar-refractivity contribution < 1.29 is 4.39 Å². The standard InChI is InChI=1S/C37H45FN8O/c1-22-19-41-33(20-40-22)34-43-32-18-28(10-11-29(32)35(47)46(34)14-12-25-6-8-27(38)9-7-25)42-36(45-15-13-39-23(2)21-45)44-31-17-26-16-30(24(31)3)37(26,4)5/h6-11,18-20,23-24,26,30-31,39H,12-17,21H2,1-5H3,(H,42,44)/t23-,24-,26+,30-,31-/m0/s1. The van der Waals surface area contributed by atoms with Crippen molar-refractivity contribution in [3.05, 3.63) is 82.3 Å². The van der Waals surface area contributed by atoms with Crippen molar-refractivity contribution in [2.75, 3.05) is 25.0 Å². The lowest BCUT2D eigenvalue weighted by molar-refractivity contribution is -0.108. The molecule has 0 radical (unpaired) electrons. The number of hydrogen-bond acceptors (Lipinski definition) is 6. The summed E-state index contributed by atoms with van der Waals surface area (Å²) < 4.78 is 15.2. The summed E-state index contributed by atoms with van der Waals surface area (Å²) >= 11 is 0. The Morgan fingerprint density at radius 1 is 1.11 bits per heavy atom. The number of benzene rings is 2. The van der Waals surface area contributed by atoms with E-state index in [2.05, 4.69) is 53.2 Å². The first kappa shape index (κ1) is 31.4. The van der Waals surface area contributed by atoms with Gasteiger partial charge in [-0.25, -0.2) is 19.4 Å². The average Bonchev–Trinajstić information content (AvgIpc) is 3.05. The Morgan fingerprint density at radius 3 is 2.62 bits per heavy atom. The summed E-state index contributed by atoms with van der Waals surface area (Å²) in [6.07, 6.45) is 6.32. The fourth-order valence-electron chi connectivity index (χ4n) is 8.00. The van der Waals surface area contributed by atoms with E-state index in [1.807, 2.05) is 25.1 Å². The summed E-state index contributed by atoms with van der Waals surface area (Å²) in [6, 6.07) is 12.7. The molecule has 5 atom stereocenters. The van der Waals surface area contributed by atoms with Crippen LogP contribution in [0.15, 0.2) is 64.6 Å². The summed E-state index contributed by atoms with van der Waals surface area (Å²) in [5, 5.41) is 7.75. The largest absolute Gasteiger partial charge is 0.340 e. The lowest BCUT2D eigenvalue weighted by atomic mass is 9.45. The van der Waals surface area contributed by atoms with E-state index >= 15 is 0 Å². The molecule has 0 amide bonds.